The van der Waals surface area contributed by atoms with Crippen LogP contribution in [0.25, 0.3) is 0 Å². The molecule has 0 aromatic heterocycles. The highest BCUT2D eigenvalue weighted by Gasteiger charge is 2.22. The van der Waals surface area contributed by atoms with Crippen LogP contribution in [0, 0.1) is 0 Å². The van der Waals surface area contributed by atoms with Gasteiger partial charge in [-0.1, -0.05) is 36.4 Å². The molecule has 0 saturated heterocycles. The molecule has 7 heteroatoms. The summed E-state index contributed by atoms with van der Waals surface area (Å²) in [4.78, 5) is 35.5. The van der Waals surface area contributed by atoms with E-state index in [1.165, 1.54) is 6.07 Å². The van der Waals surface area contributed by atoms with E-state index in [1.807, 2.05) is 30.3 Å². The Bertz CT molecular complexity index is 792. The predicted octanol–water partition coefficient (Wildman–Crippen LogP) is 1.45. The molecular weight excluding hydrogens is 348 g/mol. The second-order valence-electron chi connectivity index (χ2n) is 5.74. The Morgan fingerprint density at radius 2 is 1.81 bits per heavy atom. The van der Waals surface area contributed by atoms with Gasteiger partial charge in [0.05, 0.1) is 6.61 Å². The summed E-state index contributed by atoms with van der Waals surface area (Å²) in [5.41, 5.74) is 6.39. The van der Waals surface area contributed by atoms with Crippen molar-refractivity contribution in [3.63, 3.8) is 0 Å². The molecule has 0 radical (unpaired) electrons. The Morgan fingerprint density at radius 1 is 1.07 bits per heavy atom. The van der Waals surface area contributed by atoms with Gasteiger partial charge < -0.3 is 20.5 Å². The van der Waals surface area contributed by atoms with Gasteiger partial charge >= 0.3 is 5.97 Å². The molecule has 3 N–H and O–H groups in total. The van der Waals surface area contributed by atoms with E-state index < -0.39 is 23.8 Å². The highest BCUT2D eigenvalue weighted by molar-refractivity contribution is 5.93. The van der Waals surface area contributed by atoms with Crippen LogP contribution in [0.1, 0.15) is 22.8 Å². The van der Waals surface area contributed by atoms with E-state index in [1.54, 1.807) is 25.1 Å². The molecule has 2 rings (SSSR count). The molecule has 0 heterocycles. The van der Waals surface area contributed by atoms with E-state index >= 15 is 0 Å². The number of amides is 2. The van der Waals surface area contributed by atoms with Gasteiger partial charge in [0, 0.05) is 12.0 Å². The van der Waals surface area contributed by atoms with Crippen molar-refractivity contribution in [1.82, 2.24) is 5.32 Å². The third-order valence-corrected chi connectivity index (χ3v) is 3.68. The predicted molar refractivity (Wildman–Crippen MR) is 99.2 cm³/mol. The number of carbonyl (C=O) groups excluding carboxylic acids is 3. The lowest BCUT2D eigenvalue weighted by Crippen LogP contribution is -2.45. The molecule has 0 aliphatic carbocycles. The zero-order chi connectivity index (χ0) is 19.6. The fourth-order valence-electron chi connectivity index (χ4n) is 2.41. The Hall–Kier alpha value is -3.35. The van der Waals surface area contributed by atoms with E-state index in [2.05, 4.69) is 5.32 Å². The molecule has 0 aliphatic rings. The molecule has 0 spiro atoms. The number of rotatable bonds is 9. The van der Waals surface area contributed by atoms with Crippen LogP contribution in [0.5, 0.6) is 5.75 Å². The zero-order valence-corrected chi connectivity index (χ0v) is 15.0. The van der Waals surface area contributed by atoms with Crippen LogP contribution in [0.2, 0.25) is 0 Å². The van der Waals surface area contributed by atoms with Crippen molar-refractivity contribution >= 4 is 17.8 Å². The summed E-state index contributed by atoms with van der Waals surface area (Å²) in [6.45, 7) is 1.61. The molecule has 0 fully saturated rings. The van der Waals surface area contributed by atoms with Gasteiger partial charge in [0.15, 0.2) is 6.61 Å². The Balaban J connectivity index is 1.97. The summed E-state index contributed by atoms with van der Waals surface area (Å²) in [6, 6.07) is 14.7. The summed E-state index contributed by atoms with van der Waals surface area (Å²) in [7, 11) is 0. The molecule has 142 valence electrons. The standard InChI is InChI=1S/C20H22N2O5/c1-2-26-20(25)17(11-14-7-4-3-5-8-14)22-18(23)13-27-16-10-6-9-15(12-16)19(21)24/h3-10,12,17H,2,11,13H2,1H3,(H2,21,24)(H,22,23). The van der Waals surface area contributed by atoms with E-state index in [-0.39, 0.29) is 18.8 Å². The molecule has 1 atom stereocenters. The van der Waals surface area contributed by atoms with Crippen molar-refractivity contribution in [3.8, 4) is 5.75 Å². The molecule has 2 aromatic carbocycles. The summed E-state index contributed by atoms with van der Waals surface area (Å²) in [6.07, 6.45) is 0.308. The number of ether oxygens (including phenoxy) is 2. The molecule has 0 saturated carbocycles. The Labute approximate surface area is 157 Å². The zero-order valence-electron chi connectivity index (χ0n) is 15.0. The number of hydrogen-bond acceptors (Lipinski definition) is 5. The Morgan fingerprint density at radius 3 is 2.48 bits per heavy atom. The van der Waals surface area contributed by atoms with Crippen LogP contribution < -0.4 is 15.8 Å². The highest BCUT2D eigenvalue weighted by Crippen LogP contribution is 2.13. The second-order valence-corrected chi connectivity index (χ2v) is 5.74. The lowest BCUT2D eigenvalue weighted by Gasteiger charge is -2.17. The number of nitrogens with two attached hydrogens (primary N) is 1. The van der Waals surface area contributed by atoms with Gasteiger partial charge in [0.1, 0.15) is 11.8 Å². The van der Waals surface area contributed by atoms with Gasteiger partial charge in [0.25, 0.3) is 5.91 Å². The summed E-state index contributed by atoms with van der Waals surface area (Å²) < 4.78 is 10.4. The van der Waals surface area contributed by atoms with Crippen molar-refractivity contribution in [1.29, 1.82) is 0 Å². The van der Waals surface area contributed by atoms with Crippen LogP contribution in [0.3, 0.4) is 0 Å². The first-order valence-corrected chi connectivity index (χ1v) is 8.52. The van der Waals surface area contributed by atoms with Crippen molar-refractivity contribution in [2.45, 2.75) is 19.4 Å². The van der Waals surface area contributed by atoms with E-state index in [9.17, 15) is 14.4 Å². The molecule has 27 heavy (non-hydrogen) atoms. The first-order valence-electron chi connectivity index (χ1n) is 8.52. The molecule has 2 aromatic rings. The minimum atomic E-state index is -0.819. The summed E-state index contributed by atoms with van der Waals surface area (Å²) in [5.74, 6) is -1.24. The third kappa shape index (κ3) is 6.47. The monoisotopic (exact) mass is 370 g/mol. The first-order chi connectivity index (χ1) is 13.0. The van der Waals surface area contributed by atoms with Gasteiger partial charge in [-0.3, -0.25) is 9.59 Å². The number of hydrogen-bond donors (Lipinski definition) is 2. The van der Waals surface area contributed by atoms with Gasteiger partial charge in [-0.25, -0.2) is 4.79 Å². The fourth-order valence-corrected chi connectivity index (χ4v) is 2.41. The minimum Gasteiger partial charge on any atom is -0.484 e. The largest absolute Gasteiger partial charge is 0.484 e. The fraction of sp³-hybridized carbons (Fsp3) is 0.250. The molecular formula is C20H22N2O5. The lowest BCUT2D eigenvalue weighted by molar-refractivity contribution is -0.147. The quantitative estimate of drug-likeness (QED) is 0.650. The van der Waals surface area contributed by atoms with Crippen LogP contribution >= 0.6 is 0 Å². The number of esters is 1. The van der Waals surface area contributed by atoms with Crippen LogP contribution in [0.15, 0.2) is 54.6 Å². The SMILES string of the molecule is CCOC(=O)C(Cc1ccccc1)NC(=O)COc1cccc(C(N)=O)c1. The smallest absolute Gasteiger partial charge is 0.328 e. The van der Waals surface area contributed by atoms with Crippen LogP contribution in [-0.4, -0.2) is 37.0 Å². The molecule has 1 unspecified atom stereocenters. The van der Waals surface area contributed by atoms with Gasteiger partial charge in [-0.15, -0.1) is 0 Å². The summed E-state index contributed by atoms with van der Waals surface area (Å²) >= 11 is 0. The van der Waals surface area contributed by atoms with E-state index in [0.717, 1.165) is 5.56 Å². The average molecular weight is 370 g/mol. The van der Waals surface area contributed by atoms with Crippen molar-refractivity contribution in [2.75, 3.05) is 13.2 Å². The minimum absolute atomic E-state index is 0.219. The lowest BCUT2D eigenvalue weighted by atomic mass is 10.1. The van der Waals surface area contributed by atoms with E-state index in [4.69, 9.17) is 15.2 Å². The highest BCUT2D eigenvalue weighted by atomic mass is 16.5. The number of benzene rings is 2. The normalized spacial score (nSPS) is 11.3. The van der Waals surface area contributed by atoms with Gasteiger partial charge in [-0.2, -0.15) is 0 Å². The maximum Gasteiger partial charge on any atom is 0.328 e. The maximum absolute atomic E-state index is 12.2. The first kappa shape index (κ1) is 20.0. The third-order valence-electron chi connectivity index (χ3n) is 3.68. The number of carbonyl (C=O) groups is 3. The number of nitrogens with one attached hydrogen (secondary N) is 1. The molecule has 0 bridgehead atoms. The number of primary amides is 1. The van der Waals surface area contributed by atoms with Gasteiger partial charge in [0.2, 0.25) is 5.91 Å². The van der Waals surface area contributed by atoms with Crippen LogP contribution in [0.4, 0.5) is 0 Å². The molecule has 2 amide bonds. The maximum atomic E-state index is 12.2. The summed E-state index contributed by atoms with van der Waals surface area (Å²) in [5, 5.41) is 2.63. The van der Waals surface area contributed by atoms with E-state index in [0.29, 0.717) is 12.2 Å². The van der Waals surface area contributed by atoms with Crippen molar-refractivity contribution in [3.05, 3.63) is 65.7 Å². The van der Waals surface area contributed by atoms with Gasteiger partial charge in [-0.05, 0) is 30.7 Å². The Kier molecular flexibility index (Phi) is 7.37. The second kappa shape index (κ2) is 9.96. The van der Waals surface area contributed by atoms with Crippen LogP contribution in [-0.2, 0) is 20.7 Å². The molecule has 7 nitrogen and oxygen atoms in total. The molecule has 0 aliphatic heterocycles. The van der Waals surface area contributed by atoms with Crippen molar-refractivity contribution < 1.29 is 23.9 Å². The van der Waals surface area contributed by atoms with Crippen molar-refractivity contribution in [2.24, 2.45) is 5.73 Å². The average Bonchev–Trinajstić information content (AvgIpc) is 2.67. The topological polar surface area (TPSA) is 108 Å².